The van der Waals surface area contributed by atoms with E-state index in [1.165, 1.54) is 18.3 Å². The number of aliphatic hydroxyl groups excluding tert-OH is 1. The number of methoxy groups -OCH3 is 1. The molecule has 7 heteroatoms. The Labute approximate surface area is 177 Å². The van der Waals surface area contributed by atoms with Gasteiger partial charge in [0.25, 0.3) is 11.7 Å². The number of carbonyl (C=O) groups excluding carboxylic acids is 2. The minimum atomic E-state index is -0.783. The first-order chi connectivity index (χ1) is 14.5. The highest BCUT2D eigenvalue weighted by molar-refractivity contribution is 6.46. The van der Waals surface area contributed by atoms with Gasteiger partial charge < -0.3 is 19.2 Å². The van der Waals surface area contributed by atoms with Crippen LogP contribution in [0.1, 0.15) is 22.9 Å². The Bertz CT molecular complexity index is 1100. The monoisotopic (exact) mass is 423 g/mol. The van der Waals surface area contributed by atoms with Gasteiger partial charge in [0.1, 0.15) is 17.3 Å². The summed E-state index contributed by atoms with van der Waals surface area (Å²) in [4.78, 5) is 27.2. The van der Waals surface area contributed by atoms with E-state index >= 15 is 0 Å². The van der Waals surface area contributed by atoms with E-state index in [1.807, 2.05) is 0 Å². The molecule has 1 amide bonds. The molecule has 0 spiro atoms. The normalized spacial score (nSPS) is 18.1. The second-order valence-electron chi connectivity index (χ2n) is 6.79. The van der Waals surface area contributed by atoms with Gasteiger partial charge in [-0.05, 0) is 54.1 Å². The molecule has 3 aromatic rings. The molecule has 1 saturated heterocycles. The quantitative estimate of drug-likeness (QED) is 0.369. The lowest BCUT2D eigenvalue weighted by molar-refractivity contribution is -0.140. The predicted molar refractivity (Wildman–Crippen MR) is 111 cm³/mol. The zero-order valence-corrected chi connectivity index (χ0v) is 16.8. The van der Waals surface area contributed by atoms with Crippen LogP contribution in [0.3, 0.4) is 0 Å². The van der Waals surface area contributed by atoms with Crippen molar-refractivity contribution in [2.24, 2.45) is 0 Å². The van der Waals surface area contributed by atoms with E-state index in [-0.39, 0.29) is 17.9 Å². The molecule has 1 fully saturated rings. The first-order valence-corrected chi connectivity index (χ1v) is 9.58. The number of carbonyl (C=O) groups is 2. The van der Waals surface area contributed by atoms with Crippen LogP contribution in [-0.4, -0.2) is 28.8 Å². The molecule has 1 aliphatic rings. The smallest absolute Gasteiger partial charge is 0.296 e. The fourth-order valence-electron chi connectivity index (χ4n) is 3.51. The maximum Gasteiger partial charge on any atom is 0.296 e. The molecule has 2 aromatic carbocycles. The molecule has 1 aliphatic heterocycles. The van der Waals surface area contributed by atoms with Gasteiger partial charge in [0.2, 0.25) is 0 Å². The molecule has 2 heterocycles. The van der Waals surface area contributed by atoms with Crippen molar-refractivity contribution in [3.63, 3.8) is 0 Å². The van der Waals surface area contributed by atoms with Crippen LogP contribution in [0.2, 0.25) is 5.02 Å². The van der Waals surface area contributed by atoms with Gasteiger partial charge in [-0.15, -0.1) is 0 Å². The van der Waals surface area contributed by atoms with E-state index < -0.39 is 17.7 Å². The number of likely N-dealkylation sites (tertiary alicyclic amines) is 1. The minimum absolute atomic E-state index is 0.0130. The average Bonchev–Trinajstić information content (AvgIpc) is 3.36. The number of furan rings is 1. The number of ether oxygens (including phenoxy) is 1. The van der Waals surface area contributed by atoms with Crippen molar-refractivity contribution in [2.45, 2.75) is 12.6 Å². The van der Waals surface area contributed by atoms with Crippen molar-refractivity contribution in [3.8, 4) is 5.75 Å². The number of ketones is 1. The fraction of sp³-hybridized carbons (Fsp3) is 0.130. The first kappa shape index (κ1) is 19.8. The molecule has 1 N–H and O–H groups in total. The van der Waals surface area contributed by atoms with Crippen molar-refractivity contribution in [1.29, 1.82) is 0 Å². The molecule has 0 radical (unpaired) electrons. The summed E-state index contributed by atoms with van der Waals surface area (Å²) in [5, 5.41) is 11.5. The minimum Gasteiger partial charge on any atom is -0.507 e. The number of benzene rings is 2. The number of halogens is 1. The van der Waals surface area contributed by atoms with Crippen LogP contribution in [0.4, 0.5) is 0 Å². The summed E-state index contributed by atoms with van der Waals surface area (Å²) in [5.41, 5.74) is 1.07. The number of amides is 1. The summed E-state index contributed by atoms with van der Waals surface area (Å²) in [6.45, 7) is 0.0876. The van der Waals surface area contributed by atoms with E-state index in [9.17, 15) is 14.7 Å². The third-order valence-electron chi connectivity index (χ3n) is 5.00. The Morgan fingerprint density at radius 3 is 2.40 bits per heavy atom. The van der Waals surface area contributed by atoms with Crippen LogP contribution >= 0.6 is 11.6 Å². The van der Waals surface area contributed by atoms with Crippen molar-refractivity contribution in [2.75, 3.05) is 7.11 Å². The van der Waals surface area contributed by atoms with Crippen LogP contribution < -0.4 is 4.74 Å². The summed E-state index contributed by atoms with van der Waals surface area (Å²) in [6, 6.07) is 16.1. The number of hydrogen-bond acceptors (Lipinski definition) is 5. The van der Waals surface area contributed by atoms with Crippen molar-refractivity contribution in [3.05, 3.63) is 94.4 Å². The molecule has 1 atom stereocenters. The second kappa shape index (κ2) is 8.08. The number of aliphatic hydroxyl groups is 1. The highest BCUT2D eigenvalue weighted by Crippen LogP contribution is 2.40. The Kier molecular flexibility index (Phi) is 5.33. The summed E-state index contributed by atoms with van der Waals surface area (Å²) in [5.74, 6) is -0.575. The van der Waals surface area contributed by atoms with E-state index in [0.717, 1.165) is 0 Å². The van der Waals surface area contributed by atoms with Gasteiger partial charge in [0, 0.05) is 10.6 Å². The topological polar surface area (TPSA) is 80.0 Å². The maximum atomic E-state index is 12.9. The molecule has 0 aliphatic carbocycles. The summed E-state index contributed by atoms with van der Waals surface area (Å²) < 4.78 is 10.5. The van der Waals surface area contributed by atoms with Gasteiger partial charge in [-0.1, -0.05) is 23.7 Å². The van der Waals surface area contributed by atoms with Crippen LogP contribution in [0.25, 0.3) is 5.76 Å². The van der Waals surface area contributed by atoms with Crippen LogP contribution in [-0.2, 0) is 16.1 Å². The lowest BCUT2D eigenvalue weighted by Gasteiger charge is -2.24. The molecule has 0 bridgehead atoms. The summed E-state index contributed by atoms with van der Waals surface area (Å²) in [6.07, 6.45) is 1.50. The lowest BCUT2D eigenvalue weighted by atomic mass is 9.95. The number of rotatable bonds is 5. The zero-order chi connectivity index (χ0) is 21.3. The third kappa shape index (κ3) is 3.57. The Hall–Kier alpha value is -3.51. The Morgan fingerprint density at radius 1 is 1.10 bits per heavy atom. The van der Waals surface area contributed by atoms with Crippen LogP contribution in [0.15, 0.2) is 76.9 Å². The van der Waals surface area contributed by atoms with Gasteiger partial charge in [0.15, 0.2) is 0 Å². The summed E-state index contributed by atoms with van der Waals surface area (Å²) >= 11 is 6.01. The van der Waals surface area contributed by atoms with Gasteiger partial charge in [-0.2, -0.15) is 0 Å². The molecule has 0 saturated carbocycles. The molecule has 30 heavy (non-hydrogen) atoms. The predicted octanol–water partition coefficient (Wildman–Crippen LogP) is 4.56. The molecule has 4 rings (SSSR count). The number of hydrogen-bond donors (Lipinski definition) is 1. The Balaban J connectivity index is 1.84. The standard InChI is InChI=1S/C23H18ClNO5/c1-29-17-10-6-15(7-11-17)21(26)19-20(14-4-8-16(24)9-5-14)25(23(28)22(19)27)13-18-3-2-12-30-18/h2-12,20,26H,13H2,1H3. The van der Waals surface area contributed by atoms with E-state index in [0.29, 0.717) is 27.7 Å². The zero-order valence-electron chi connectivity index (χ0n) is 16.0. The molecule has 1 aromatic heterocycles. The van der Waals surface area contributed by atoms with E-state index in [1.54, 1.807) is 60.7 Å². The van der Waals surface area contributed by atoms with Crippen molar-refractivity contribution >= 4 is 29.1 Å². The number of nitrogens with zero attached hydrogens (tertiary/aromatic N) is 1. The van der Waals surface area contributed by atoms with Gasteiger partial charge >= 0.3 is 0 Å². The van der Waals surface area contributed by atoms with E-state index in [2.05, 4.69) is 0 Å². The van der Waals surface area contributed by atoms with Crippen LogP contribution in [0.5, 0.6) is 5.75 Å². The summed E-state index contributed by atoms with van der Waals surface area (Å²) in [7, 11) is 1.54. The molecular weight excluding hydrogens is 406 g/mol. The maximum absolute atomic E-state index is 12.9. The molecular formula is C23H18ClNO5. The number of Topliss-reactive ketones (excluding diaryl/α,β-unsaturated/α-hetero) is 1. The Morgan fingerprint density at radius 2 is 1.80 bits per heavy atom. The van der Waals surface area contributed by atoms with Gasteiger partial charge in [-0.3, -0.25) is 9.59 Å². The second-order valence-corrected chi connectivity index (χ2v) is 7.22. The van der Waals surface area contributed by atoms with E-state index in [4.69, 9.17) is 20.8 Å². The SMILES string of the molecule is COc1ccc(C(O)=C2C(=O)C(=O)N(Cc3ccco3)C2c2ccc(Cl)cc2)cc1. The average molecular weight is 424 g/mol. The van der Waals surface area contributed by atoms with Crippen molar-refractivity contribution in [1.82, 2.24) is 4.90 Å². The molecule has 1 unspecified atom stereocenters. The van der Waals surface area contributed by atoms with Gasteiger partial charge in [-0.25, -0.2) is 0 Å². The van der Waals surface area contributed by atoms with Crippen molar-refractivity contribution < 1.29 is 23.8 Å². The molecule has 152 valence electrons. The first-order valence-electron chi connectivity index (χ1n) is 9.20. The largest absolute Gasteiger partial charge is 0.507 e. The third-order valence-corrected chi connectivity index (χ3v) is 5.25. The highest BCUT2D eigenvalue weighted by Gasteiger charge is 2.46. The lowest BCUT2D eigenvalue weighted by Crippen LogP contribution is -2.29. The fourth-order valence-corrected chi connectivity index (χ4v) is 3.64. The molecule has 6 nitrogen and oxygen atoms in total. The highest BCUT2D eigenvalue weighted by atomic mass is 35.5. The van der Waals surface area contributed by atoms with Crippen LogP contribution in [0, 0.1) is 0 Å². The van der Waals surface area contributed by atoms with Gasteiger partial charge in [0.05, 0.1) is 31.5 Å².